The van der Waals surface area contributed by atoms with Gasteiger partial charge in [0.05, 0.1) is 5.69 Å². The molecule has 0 spiro atoms. The SMILES string of the molecule is Cc1nc2nc(-c3ccc(F)c(F)c3)ccc2o1. The summed E-state index contributed by atoms with van der Waals surface area (Å²) in [6.07, 6.45) is 0. The van der Waals surface area contributed by atoms with Crippen molar-refractivity contribution >= 4 is 11.2 Å². The van der Waals surface area contributed by atoms with Crippen LogP contribution < -0.4 is 0 Å². The van der Waals surface area contributed by atoms with Crippen molar-refractivity contribution in [3.8, 4) is 11.3 Å². The average Bonchev–Trinajstić information content (AvgIpc) is 2.71. The fraction of sp³-hybridized carbons (Fsp3) is 0.0769. The van der Waals surface area contributed by atoms with E-state index in [0.29, 0.717) is 28.4 Å². The van der Waals surface area contributed by atoms with Crippen molar-refractivity contribution < 1.29 is 13.2 Å². The van der Waals surface area contributed by atoms with Crippen LogP contribution in [0.5, 0.6) is 0 Å². The molecule has 0 aliphatic carbocycles. The van der Waals surface area contributed by atoms with Crippen LogP contribution in [-0.4, -0.2) is 9.97 Å². The second-order valence-corrected chi connectivity index (χ2v) is 3.88. The Bertz CT molecular complexity index is 737. The number of aryl methyl sites for hydroxylation is 1. The molecule has 0 amide bonds. The lowest BCUT2D eigenvalue weighted by atomic mass is 10.1. The van der Waals surface area contributed by atoms with E-state index >= 15 is 0 Å². The summed E-state index contributed by atoms with van der Waals surface area (Å²) < 4.78 is 31.3. The molecule has 3 rings (SSSR count). The summed E-state index contributed by atoms with van der Waals surface area (Å²) in [5.74, 6) is -1.26. The first kappa shape index (κ1) is 10.8. The third-order valence-electron chi connectivity index (χ3n) is 2.58. The molecule has 0 fully saturated rings. The van der Waals surface area contributed by atoms with Crippen LogP contribution in [0.15, 0.2) is 34.7 Å². The summed E-state index contributed by atoms with van der Waals surface area (Å²) in [5.41, 5.74) is 2.04. The Morgan fingerprint density at radius 3 is 2.61 bits per heavy atom. The molecule has 0 unspecified atom stereocenters. The molecular weight excluding hydrogens is 238 g/mol. The van der Waals surface area contributed by atoms with Crippen LogP contribution in [0, 0.1) is 18.6 Å². The Hall–Kier alpha value is -2.30. The highest BCUT2D eigenvalue weighted by Gasteiger charge is 2.08. The van der Waals surface area contributed by atoms with Gasteiger partial charge in [0, 0.05) is 12.5 Å². The molecule has 3 aromatic rings. The minimum Gasteiger partial charge on any atom is -0.439 e. The van der Waals surface area contributed by atoms with Crippen LogP contribution in [0.4, 0.5) is 8.78 Å². The minimum atomic E-state index is -0.897. The molecule has 0 bridgehead atoms. The molecule has 3 nitrogen and oxygen atoms in total. The van der Waals surface area contributed by atoms with E-state index in [2.05, 4.69) is 9.97 Å². The predicted molar refractivity (Wildman–Crippen MR) is 61.9 cm³/mol. The third-order valence-corrected chi connectivity index (χ3v) is 2.58. The second-order valence-electron chi connectivity index (χ2n) is 3.88. The van der Waals surface area contributed by atoms with Crippen molar-refractivity contribution in [2.24, 2.45) is 0 Å². The number of nitrogens with zero attached hydrogens (tertiary/aromatic N) is 2. The van der Waals surface area contributed by atoms with E-state index in [1.54, 1.807) is 19.1 Å². The third kappa shape index (κ3) is 1.73. The first-order valence-electron chi connectivity index (χ1n) is 5.33. The molecule has 0 saturated carbocycles. The van der Waals surface area contributed by atoms with Crippen LogP contribution in [0.2, 0.25) is 0 Å². The number of aromatic nitrogens is 2. The molecule has 5 heteroatoms. The first-order chi connectivity index (χ1) is 8.63. The van der Waals surface area contributed by atoms with Crippen molar-refractivity contribution in [2.45, 2.75) is 6.92 Å². The Balaban J connectivity index is 2.15. The van der Waals surface area contributed by atoms with E-state index < -0.39 is 11.6 Å². The van der Waals surface area contributed by atoms with Crippen LogP contribution >= 0.6 is 0 Å². The topological polar surface area (TPSA) is 38.9 Å². The number of hydrogen-bond acceptors (Lipinski definition) is 3. The number of halogens is 2. The Morgan fingerprint density at radius 2 is 1.83 bits per heavy atom. The Labute approximate surface area is 101 Å². The number of rotatable bonds is 1. The van der Waals surface area contributed by atoms with Gasteiger partial charge in [0.2, 0.25) is 0 Å². The van der Waals surface area contributed by atoms with Crippen molar-refractivity contribution in [3.05, 3.63) is 47.9 Å². The van der Waals surface area contributed by atoms with Gasteiger partial charge in [-0.15, -0.1) is 0 Å². The van der Waals surface area contributed by atoms with E-state index in [1.807, 2.05) is 0 Å². The number of fused-ring (bicyclic) bond motifs is 1. The largest absolute Gasteiger partial charge is 0.439 e. The molecule has 18 heavy (non-hydrogen) atoms. The van der Waals surface area contributed by atoms with Gasteiger partial charge in [-0.25, -0.2) is 13.8 Å². The molecule has 0 saturated heterocycles. The fourth-order valence-electron chi connectivity index (χ4n) is 1.74. The number of hydrogen-bond donors (Lipinski definition) is 0. The summed E-state index contributed by atoms with van der Waals surface area (Å²) in [6.45, 7) is 1.72. The lowest BCUT2D eigenvalue weighted by Crippen LogP contribution is -1.88. The van der Waals surface area contributed by atoms with Gasteiger partial charge in [-0.1, -0.05) is 0 Å². The summed E-state index contributed by atoms with van der Waals surface area (Å²) in [6, 6.07) is 7.04. The summed E-state index contributed by atoms with van der Waals surface area (Å²) in [7, 11) is 0. The first-order valence-corrected chi connectivity index (χ1v) is 5.33. The lowest BCUT2D eigenvalue weighted by Gasteiger charge is -2.00. The van der Waals surface area contributed by atoms with Gasteiger partial charge in [-0.3, -0.25) is 0 Å². The molecule has 0 N–H and O–H groups in total. The number of oxazole rings is 1. The Morgan fingerprint density at radius 1 is 1.00 bits per heavy atom. The van der Waals surface area contributed by atoms with Gasteiger partial charge < -0.3 is 4.42 Å². The predicted octanol–water partition coefficient (Wildman–Crippen LogP) is 3.48. The second kappa shape index (κ2) is 3.87. The van der Waals surface area contributed by atoms with Crippen molar-refractivity contribution in [3.63, 3.8) is 0 Å². The van der Waals surface area contributed by atoms with Gasteiger partial charge in [0.1, 0.15) is 0 Å². The summed E-state index contributed by atoms with van der Waals surface area (Å²) in [4.78, 5) is 8.34. The summed E-state index contributed by atoms with van der Waals surface area (Å²) >= 11 is 0. The zero-order chi connectivity index (χ0) is 12.7. The van der Waals surface area contributed by atoms with Gasteiger partial charge in [0.15, 0.2) is 28.8 Å². The normalized spacial score (nSPS) is 11.1. The van der Waals surface area contributed by atoms with Crippen LogP contribution in [0.1, 0.15) is 5.89 Å². The average molecular weight is 246 g/mol. The summed E-state index contributed by atoms with van der Waals surface area (Å²) in [5, 5.41) is 0. The molecule has 2 heterocycles. The van der Waals surface area contributed by atoms with Crippen molar-refractivity contribution in [1.82, 2.24) is 9.97 Å². The van der Waals surface area contributed by atoms with Gasteiger partial charge in [0.25, 0.3) is 0 Å². The highest BCUT2D eigenvalue weighted by molar-refractivity contribution is 5.73. The molecule has 90 valence electrons. The molecule has 0 atom stereocenters. The fourth-order valence-corrected chi connectivity index (χ4v) is 1.74. The van der Waals surface area contributed by atoms with Gasteiger partial charge in [-0.05, 0) is 30.3 Å². The smallest absolute Gasteiger partial charge is 0.199 e. The standard InChI is InChI=1S/C13H8F2N2O/c1-7-16-13-12(18-7)5-4-11(17-13)8-2-3-9(14)10(15)6-8/h2-6H,1H3. The Kier molecular flexibility index (Phi) is 2.33. The molecule has 0 radical (unpaired) electrons. The van der Waals surface area contributed by atoms with Crippen LogP contribution in [0.25, 0.3) is 22.5 Å². The zero-order valence-corrected chi connectivity index (χ0v) is 9.45. The molecule has 1 aromatic carbocycles. The van der Waals surface area contributed by atoms with E-state index in [-0.39, 0.29) is 0 Å². The van der Waals surface area contributed by atoms with Crippen LogP contribution in [-0.2, 0) is 0 Å². The van der Waals surface area contributed by atoms with Gasteiger partial charge in [-0.2, -0.15) is 4.98 Å². The maximum atomic E-state index is 13.1. The number of pyridine rings is 1. The maximum Gasteiger partial charge on any atom is 0.199 e. The zero-order valence-electron chi connectivity index (χ0n) is 9.45. The maximum absolute atomic E-state index is 13.1. The van der Waals surface area contributed by atoms with Crippen molar-refractivity contribution in [1.29, 1.82) is 0 Å². The van der Waals surface area contributed by atoms with Crippen LogP contribution in [0.3, 0.4) is 0 Å². The van der Waals surface area contributed by atoms with E-state index in [9.17, 15) is 8.78 Å². The monoisotopic (exact) mass is 246 g/mol. The van der Waals surface area contributed by atoms with E-state index in [4.69, 9.17) is 4.42 Å². The van der Waals surface area contributed by atoms with Gasteiger partial charge >= 0.3 is 0 Å². The molecule has 2 aromatic heterocycles. The molecule has 0 aliphatic heterocycles. The quantitative estimate of drug-likeness (QED) is 0.659. The lowest BCUT2D eigenvalue weighted by molar-refractivity contribution is 0.509. The van der Waals surface area contributed by atoms with E-state index in [0.717, 1.165) is 12.1 Å². The highest BCUT2D eigenvalue weighted by atomic mass is 19.2. The van der Waals surface area contributed by atoms with Crippen molar-refractivity contribution in [2.75, 3.05) is 0 Å². The molecular formula is C13H8F2N2O. The highest BCUT2D eigenvalue weighted by Crippen LogP contribution is 2.22. The van der Waals surface area contributed by atoms with E-state index in [1.165, 1.54) is 6.07 Å². The minimum absolute atomic E-state index is 0.453. The number of benzene rings is 1. The molecule has 0 aliphatic rings.